The summed E-state index contributed by atoms with van der Waals surface area (Å²) in [6.07, 6.45) is 0.987. The lowest BCUT2D eigenvalue weighted by Gasteiger charge is -2.01. The average Bonchev–Trinajstić information content (AvgIpc) is 2.87. The summed E-state index contributed by atoms with van der Waals surface area (Å²) in [7, 11) is 0. The zero-order chi connectivity index (χ0) is 13.8. The van der Waals surface area contributed by atoms with Crippen molar-refractivity contribution in [2.45, 2.75) is 30.7 Å². The second kappa shape index (κ2) is 5.88. The molecule has 1 amide bonds. The van der Waals surface area contributed by atoms with E-state index in [4.69, 9.17) is 10.2 Å². The fourth-order valence-corrected chi connectivity index (χ4v) is 2.10. The summed E-state index contributed by atoms with van der Waals surface area (Å²) in [5.41, 5.74) is 7.30. The van der Waals surface area contributed by atoms with Crippen LogP contribution in [0.25, 0.3) is 11.5 Å². The molecule has 0 aliphatic heterocycles. The number of nitrogens with zero attached hydrogens (tertiary/aromatic N) is 2. The van der Waals surface area contributed by atoms with Gasteiger partial charge < -0.3 is 10.2 Å². The molecule has 0 spiro atoms. The van der Waals surface area contributed by atoms with E-state index in [1.54, 1.807) is 6.92 Å². The van der Waals surface area contributed by atoms with Gasteiger partial charge in [0.05, 0.1) is 5.25 Å². The molecule has 1 unspecified atom stereocenters. The molecule has 5 nitrogen and oxygen atoms in total. The Morgan fingerprint density at radius 2 is 2.05 bits per heavy atom. The lowest BCUT2D eigenvalue weighted by Crippen LogP contribution is -2.22. The van der Waals surface area contributed by atoms with Crippen LogP contribution >= 0.6 is 11.8 Å². The third-order valence-electron chi connectivity index (χ3n) is 2.69. The number of carbonyl (C=O) groups is 1. The van der Waals surface area contributed by atoms with E-state index in [2.05, 4.69) is 17.1 Å². The third-order valence-corrected chi connectivity index (χ3v) is 3.65. The summed E-state index contributed by atoms with van der Waals surface area (Å²) in [5, 5.41) is 7.82. The largest absolute Gasteiger partial charge is 0.411 e. The molecule has 2 aromatic rings. The van der Waals surface area contributed by atoms with E-state index in [0.717, 1.165) is 23.7 Å². The van der Waals surface area contributed by atoms with E-state index in [1.165, 1.54) is 5.56 Å². The number of amides is 1. The Morgan fingerprint density at radius 1 is 1.37 bits per heavy atom. The molecule has 0 aliphatic rings. The van der Waals surface area contributed by atoms with Crippen molar-refractivity contribution in [1.29, 1.82) is 0 Å². The van der Waals surface area contributed by atoms with Gasteiger partial charge in [-0.25, -0.2) is 0 Å². The van der Waals surface area contributed by atoms with Crippen LogP contribution in [0.3, 0.4) is 0 Å². The predicted molar refractivity (Wildman–Crippen MR) is 73.6 cm³/mol. The van der Waals surface area contributed by atoms with Crippen LogP contribution in [-0.2, 0) is 11.2 Å². The average molecular weight is 277 g/mol. The molecule has 1 atom stereocenters. The molecular weight excluding hydrogens is 262 g/mol. The van der Waals surface area contributed by atoms with E-state index < -0.39 is 11.2 Å². The maximum absolute atomic E-state index is 11.0. The van der Waals surface area contributed by atoms with E-state index in [9.17, 15) is 4.79 Å². The zero-order valence-corrected chi connectivity index (χ0v) is 11.6. The van der Waals surface area contributed by atoms with Crippen LogP contribution < -0.4 is 5.73 Å². The van der Waals surface area contributed by atoms with Gasteiger partial charge in [-0.1, -0.05) is 30.8 Å². The minimum atomic E-state index is -0.406. The predicted octanol–water partition coefficient (Wildman–Crippen LogP) is 2.26. The van der Waals surface area contributed by atoms with Crippen molar-refractivity contribution < 1.29 is 9.21 Å². The van der Waals surface area contributed by atoms with Gasteiger partial charge >= 0.3 is 0 Å². The molecule has 0 bridgehead atoms. The molecule has 100 valence electrons. The van der Waals surface area contributed by atoms with E-state index in [0.29, 0.717) is 11.1 Å². The van der Waals surface area contributed by atoms with Gasteiger partial charge in [0.15, 0.2) is 0 Å². The first-order valence-corrected chi connectivity index (χ1v) is 6.87. The van der Waals surface area contributed by atoms with E-state index in [-0.39, 0.29) is 0 Å². The van der Waals surface area contributed by atoms with E-state index >= 15 is 0 Å². The lowest BCUT2D eigenvalue weighted by molar-refractivity contribution is -0.117. The SMILES string of the molecule is CCc1ccc(-c2nnc(SC(C)C(N)=O)o2)cc1. The van der Waals surface area contributed by atoms with Crippen molar-refractivity contribution in [2.75, 3.05) is 0 Å². The number of thioether (sulfide) groups is 1. The summed E-state index contributed by atoms with van der Waals surface area (Å²) >= 11 is 1.16. The molecule has 6 heteroatoms. The molecule has 0 saturated carbocycles. The Kier molecular flexibility index (Phi) is 4.21. The summed E-state index contributed by atoms with van der Waals surface area (Å²) < 4.78 is 5.50. The van der Waals surface area contributed by atoms with Gasteiger partial charge in [0.25, 0.3) is 5.22 Å². The number of hydrogen-bond donors (Lipinski definition) is 1. The van der Waals surface area contributed by atoms with Gasteiger partial charge in [0.1, 0.15) is 0 Å². The van der Waals surface area contributed by atoms with Crippen LogP contribution in [0.2, 0.25) is 0 Å². The standard InChI is InChI=1S/C13H15N3O2S/c1-3-9-4-6-10(7-5-9)12-15-16-13(18-12)19-8(2)11(14)17/h4-8H,3H2,1-2H3,(H2,14,17). The summed E-state index contributed by atoms with van der Waals surface area (Å²) in [6, 6.07) is 7.94. The molecule has 0 aliphatic carbocycles. The van der Waals surface area contributed by atoms with Crippen molar-refractivity contribution in [3.63, 3.8) is 0 Å². The van der Waals surface area contributed by atoms with Crippen LogP contribution in [0.15, 0.2) is 33.9 Å². The van der Waals surface area contributed by atoms with Crippen LogP contribution in [0.1, 0.15) is 19.4 Å². The molecule has 0 radical (unpaired) electrons. The highest BCUT2D eigenvalue weighted by atomic mass is 32.2. The summed E-state index contributed by atoms with van der Waals surface area (Å²) in [4.78, 5) is 11.0. The monoisotopic (exact) mass is 277 g/mol. The van der Waals surface area contributed by atoms with Gasteiger partial charge in [0.2, 0.25) is 11.8 Å². The molecule has 1 heterocycles. The minimum absolute atomic E-state index is 0.348. The molecule has 0 saturated heterocycles. The van der Waals surface area contributed by atoms with Gasteiger partial charge in [-0.3, -0.25) is 4.79 Å². The van der Waals surface area contributed by atoms with E-state index in [1.807, 2.05) is 24.3 Å². The van der Waals surface area contributed by atoms with Crippen molar-refractivity contribution in [3.8, 4) is 11.5 Å². The highest BCUT2D eigenvalue weighted by Gasteiger charge is 2.16. The molecular formula is C13H15N3O2S. The van der Waals surface area contributed by atoms with Crippen molar-refractivity contribution in [1.82, 2.24) is 10.2 Å². The Balaban J connectivity index is 2.13. The van der Waals surface area contributed by atoms with Gasteiger partial charge in [0, 0.05) is 5.56 Å². The number of hydrogen-bond acceptors (Lipinski definition) is 5. The number of primary amides is 1. The molecule has 2 rings (SSSR count). The first-order valence-electron chi connectivity index (χ1n) is 5.99. The Bertz CT molecular complexity index is 566. The number of rotatable bonds is 5. The second-order valence-electron chi connectivity index (χ2n) is 4.09. The second-order valence-corrected chi connectivity index (χ2v) is 5.38. The summed E-state index contributed by atoms with van der Waals surface area (Å²) in [5.74, 6) is 0.0406. The zero-order valence-electron chi connectivity index (χ0n) is 10.8. The van der Waals surface area contributed by atoms with Crippen molar-refractivity contribution >= 4 is 17.7 Å². The number of nitrogens with two attached hydrogens (primary N) is 1. The molecule has 2 N–H and O–H groups in total. The highest BCUT2D eigenvalue weighted by molar-refractivity contribution is 8.00. The topological polar surface area (TPSA) is 82.0 Å². The Labute approximate surface area is 115 Å². The number of aryl methyl sites for hydroxylation is 1. The lowest BCUT2D eigenvalue weighted by atomic mass is 10.1. The maximum Gasteiger partial charge on any atom is 0.277 e. The smallest absolute Gasteiger partial charge is 0.277 e. The van der Waals surface area contributed by atoms with Crippen LogP contribution in [0.5, 0.6) is 0 Å². The molecule has 1 aromatic carbocycles. The van der Waals surface area contributed by atoms with Crippen molar-refractivity contribution in [2.24, 2.45) is 5.73 Å². The summed E-state index contributed by atoms with van der Waals surface area (Å²) in [6.45, 7) is 3.80. The number of aromatic nitrogens is 2. The Hall–Kier alpha value is -1.82. The van der Waals surface area contributed by atoms with Crippen LogP contribution in [-0.4, -0.2) is 21.4 Å². The molecule has 1 aromatic heterocycles. The first kappa shape index (κ1) is 13.6. The molecule has 19 heavy (non-hydrogen) atoms. The van der Waals surface area contributed by atoms with Gasteiger partial charge in [-0.2, -0.15) is 0 Å². The minimum Gasteiger partial charge on any atom is -0.411 e. The van der Waals surface area contributed by atoms with Gasteiger partial charge in [-0.15, -0.1) is 10.2 Å². The number of carbonyl (C=O) groups excluding carboxylic acids is 1. The fraction of sp³-hybridized carbons (Fsp3) is 0.308. The quantitative estimate of drug-likeness (QED) is 0.848. The molecule has 0 fully saturated rings. The van der Waals surface area contributed by atoms with Gasteiger partial charge in [-0.05, 0) is 31.0 Å². The highest BCUT2D eigenvalue weighted by Crippen LogP contribution is 2.26. The maximum atomic E-state index is 11.0. The fourth-order valence-electron chi connectivity index (χ4n) is 1.47. The number of benzene rings is 1. The first-order chi connectivity index (χ1) is 9.10. The van der Waals surface area contributed by atoms with Crippen molar-refractivity contribution in [3.05, 3.63) is 29.8 Å². The normalized spacial score (nSPS) is 12.3. The Morgan fingerprint density at radius 3 is 2.63 bits per heavy atom. The third kappa shape index (κ3) is 3.35. The van der Waals surface area contributed by atoms with Crippen LogP contribution in [0.4, 0.5) is 0 Å². The van der Waals surface area contributed by atoms with Crippen LogP contribution in [0, 0.1) is 0 Å².